The number of aliphatic hydroxyl groups is 1. The molecule has 1 N–H and O–H groups in total. The van der Waals surface area contributed by atoms with E-state index in [0.29, 0.717) is 6.42 Å². The zero-order chi connectivity index (χ0) is 12.0. The van der Waals surface area contributed by atoms with Gasteiger partial charge in [0.05, 0.1) is 6.10 Å². The molecular formula is C13H22O3. The van der Waals surface area contributed by atoms with Gasteiger partial charge in [0.1, 0.15) is 5.60 Å². The van der Waals surface area contributed by atoms with E-state index in [2.05, 4.69) is 13.8 Å². The van der Waals surface area contributed by atoms with E-state index in [0.717, 1.165) is 25.7 Å². The summed E-state index contributed by atoms with van der Waals surface area (Å²) in [7, 11) is 0. The quantitative estimate of drug-likeness (QED) is 0.644. The minimum atomic E-state index is -0.365. The Morgan fingerprint density at radius 3 is 2.69 bits per heavy atom. The molecule has 16 heavy (non-hydrogen) atoms. The van der Waals surface area contributed by atoms with Crippen LogP contribution >= 0.6 is 0 Å². The molecule has 1 aliphatic heterocycles. The molecule has 0 amide bonds. The fourth-order valence-corrected chi connectivity index (χ4v) is 3.55. The lowest BCUT2D eigenvalue weighted by atomic mass is 9.59. The fraction of sp³-hybridized carbons (Fsp3) is 0.923. The lowest BCUT2D eigenvalue weighted by Crippen LogP contribution is -2.54. The number of fused-ring (bicyclic) bond motifs is 1. The summed E-state index contributed by atoms with van der Waals surface area (Å²) < 4.78 is 5.64. The zero-order valence-corrected chi connectivity index (χ0v) is 10.5. The van der Waals surface area contributed by atoms with E-state index in [1.54, 1.807) is 0 Å². The molecule has 1 aliphatic carbocycles. The van der Waals surface area contributed by atoms with Crippen LogP contribution in [0.25, 0.3) is 0 Å². The number of aliphatic hydroxyl groups excluding tert-OH is 1. The Bertz CT molecular complexity index is 298. The number of hydrogen-bond donors (Lipinski definition) is 1. The maximum absolute atomic E-state index is 11.6. The summed E-state index contributed by atoms with van der Waals surface area (Å²) >= 11 is 0. The molecule has 2 aliphatic rings. The first-order chi connectivity index (χ1) is 7.36. The summed E-state index contributed by atoms with van der Waals surface area (Å²) in [6.07, 6.45) is 3.63. The van der Waals surface area contributed by atoms with Crippen LogP contribution in [-0.2, 0) is 9.53 Å². The van der Waals surface area contributed by atoms with Crippen molar-refractivity contribution in [3.63, 3.8) is 0 Å². The molecule has 0 unspecified atom stereocenters. The van der Waals surface area contributed by atoms with Gasteiger partial charge in [-0.2, -0.15) is 0 Å². The van der Waals surface area contributed by atoms with Gasteiger partial charge in [-0.3, -0.25) is 4.79 Å². The number of carbonyl (C=O) groups excluding carboxylic acids is 1. The van der Waals surface area contributed by atoms with Crippen molar-refractivity contribution in [1.29, 1.82) is 0 Å². The first kappa shape index (κ1) is 11.9. The maximum Gasteiger partial charge on any atom is 0.306 e. The largest absolute Gasteiger partial charge is 0.459 e. The van der Waals surface area contributed by atoms with Crippen LogP contribution in [0.1, 0.15) is 52.9 Å². The highest BCUT2D eigenvalue weighted by molar-refractivity contribution is 5.70. The average Bonchev–Trinajstić information content (AvgIpc) is 2.32. The van der Waals surface area contributed by atoms with Crippen molar-refractivity contribution >= 4 is 5.97 Å². The third kappa shape index (κ3) is 1.75. The highest BCUT2D eigenvalue weighted by Crippen LogP contribution is 2.51. The van der Waals surface area contributed by atoms with Crippen LogP contribution in [0.4, 0.5) is 0 Å². The fourth-order valence-electron chi connectivity index (χ4n) is 3.55. The van der Waals surface area contributed by atoms with Crippen molar-refractivity contribution in [2.45, 2.75) is 64.6 Å². The molecular weight excluding hydrogens is 204 g/mol. The van der Waals surface area contributed by atoms with Crippen LogP contribution in [0.3, 0.4) is 0 Å². The van der Waals surface area contributed by atoms with E-state index >= 15 is 0 Å². The lowest BCUT2D eigenvalue weighted by molar-refractivity contribution is -0.185. The molecule has 1 heterocycles. The molecule has 92 valence electrons. The molecule has 0 aromatic heterocycles. The van der Waals surface area contributed by atoms with Crippen LogP contribution in [0.2, 0.25) is 0 Å². The van der Waals surface area contributed by atoms with Gasteiger partial charge in [0.15, 0.2) is 0 Å². The molecule has 0 aromatic carbocycles. The third-order valence-corrected chi connectivity index (χ3v) is 4.63. The maximum atomic E-state index is 11.6. The van der Waals surface area contributed by atoms with Crippen LogP contribution in [0.5, 0.6) is 0 Å². The molecule has 0 bridgehead atoms. The number of rotatable bonds is 0. The second kappa shape index (κ2) is 3.73. The van der Waals surface area contributed by atoms with E-state index in [1.165, 1.54) is 0 Å². The van der Waals surface area contributed by atoms with Crippen LogP contribution in [0, 0.1) is 11.3 Å². The Labute approximate surface area is 97.2 Å². The predicted molar refractivity (Wildman–Crippen MR) is 60.9 cm³/mol. The SMILES string of the molecule is CC1(C)[C@@H](O)CC[C@]2(C)OC(=O)CCC[C@@H]12. The van der Waals surface area contributed by atoms with E-state index < -0.39 is 0 Å². The van der Waals surface area contributed by atoms with Gasteiger partial charge < -0.3 is 9.84 Å². The van der Waals surface area contributed by atoms with Crippen LogP contribution < -0.4 is 0 Å². The van der Waals surface area contributed by atoms with Crippen molar-refractivity contribution in [3.05, 3.63) is 0 Å². The molecule has 3 heteroatoms. The Hall–Kier alpha value is -0.570. The smallest absolute Gasteiger partial charge is 0.306 e. The lowest BCUT2D eigenvalue weighted by Gasteiger charge is -2.51. The van der Waals surface area contributed by atoms with Crippen molar-refractivity contribution in [2.75, 3.05) is 0 Å². The molecule has 0 spiro atoms. The topological polar surface area (TPSA) is 46.5 Å². The normalized spacial score (nSPS) is 43.1. The first-order valence-corrected chi connectivity index (χ1v) is 6.26. The van der Waals surface area contributed by atoms with Crippen molar-refractivity contribution in [3.8, 4) is 0 Å². The Balaban J connectivity index is 2.31. The van der Waals surface area contributed by atoms with Crippen LogP contribution in [-0.4, -0.2) is 22.8 Å². The minimum Gasteiger partial charge on any atom is -0.459 e. The number of ether oxygens (including phenoxy) is 1. The van der Waals surface area contributed by atoms with E-state index in [4.69, 9.17) is 4.74 Å². The standard InChI is InChI=1S/C13H22O3/c1-12(2)9-5-4-6-11(15)16-13(9,3)8-7-10(12)14/h9-10,14H,4-8H2,1-3H3/t9-,10-,13-/m0/s1. The van der Waals surface area contributed by atoms with Gasteiger partial charge in [-0.1, -0.05) is 13.8 Å². The molecule has 1 saturated carbocycles. The molecule has 3 nitrogen and oxygen atoms in total. The summed E-state index contributed by atoms with van der Waals surface area (Å²) in [4.78, 5) is 11.6. The van der Waals surface area contributed by atoms with E-state index in [-0.39, 0.29) is 29.0 Å². The van der Waals surface area contributed by atoms with Gasteiger partial charge >= 0.3 is 5.97 Å². The third-order valence-electron chi connectivity index (χ3n) is 4.63. The second-order valence-corrected chi connectivity index (χ2v) is 6.11. The van der Waals surface area contributed by atoms with Crippen molar-refractivity contribution in [1.82, 2.24) is 0 Å². The zero-order valence-electron chi connectivity index (χ0n) is 10.5. The molecule has 0 aromatic rings. The Morgan fingerprint density at radius 2 is 2.00 bits per heavy atom. The predicted octanol–water partition coefficient (Wildman–Crippen LogP) is 2.27. The van der Waals surface area contributed by atoms with Crippen molar-refractivity contribution < 1.29 is 14.6 Å². The summed E-state index contributed by atoms with van der Waals surface area (Å²) in [5, 5.41) is 10.1. The summed E-state index contributed by atoms with van der Waals surface area (Å²) in [5.74, 6) is 0.201. The number of esters is 1. The Kier molecular flexibility index (Phi) is 2.77. The molecule has 2 rings (SSSR count). The summed E-state index contributed by atoms with van der Waals surface area (Å²) in [5.41, 5.74) is -0.520. The minimum absolute atomic E-state index is 0.0720. The Morgan fingerprint density at radius 1 is 1.31 bits per heavy atom. The molecule has 1 saturated heterocycles. The van der Waals surface area contributed by atoms with Crippen LogP contribution in [0.15, 0.2) is 0 Å². The second-order valence-electron chi connectivity index (χ2n) is 6.11. The van der Waals surface area contributed by atoms with Gasteiger partial charge in [-0.25, -0.2) is 0 Å². The molecule has 2 fully saturated rings. The van der Waals surface area contributed by atoms with Crippen molar-refractivity contribution in [2.24, 2.45) is 11.3 Å². The monoisotopic (exact) mass is 226 g/mol. The van der Waals surface area contributed by atoms with Gasteiger partial charge in [-0.05, 0) is 38.0 Å². The van der Waals surface area contributed by atoms with E-state index in [1.807, 2.05) is 6.92 Å². The molecule has 0 radical (unpaired) electrons. The highest BCUT2D eigenvalue weighted by Gasteiger charge is 2.53. The van der Waals surface area contributed by atoms with E-state index in [9.17, 15) is 9.90 Å². The van der Waals surface area contributed by atoms with Gasteiger partial charge in [0, 0.05) is 12.3 Å². The number of carbonyl (C=O) groups is 1. The van der Waals surface area contributed by atoms with Gasteiger partial charge in [0.2, 0.25) is 0 Å². The van der Waals surface area contributed by atoms with Gasteiger partial charge in [0.25, 0.3) is 0 Å². The summed E-state index contributed by atoms with van der Waals surface area (Å²) in [6, 6.07) is 0. The first-order valence-electron chi connectivity index (χ1n) is 6.26. The van der Waals surface area contributed by atoms with Gasteiger partial charge in [-0.15, -0.1) is 0 Å². The highest BCUT2D eigenvalue weighted by atomic mass is 16.6. The number of hydrogen-bond acceptors (Lipinski definition) is 3. The molecule has 3 atom stereocenters. The summed E-state index contributed by atoms with van der Waals surface area (Å²) in [6.45, 7) is 6.23. The average molecular weight is 226 g/mol.